The van der Waals surface area contributed by atoms with E-state index in [0.29, 0.717) is 32.7 Å². The van der Waals surface area contributed by atoms with E-state index < -0.39 is 10.0 Å². The first-order valence-corrected chi connectivity index (χ1v) is 10.7. The van der Waals surface area contributed by atoms with Gasteiger partial charge in [-0.2, -0.15) is 0 Å². The molecule has 0 unspecified atom stereocenters. The molecule has 0 atom stereocenters. The van der Waals surface area contributed by atoms with Crippen LogP contribution in [0.15, 0.2) is 24.3 Å². The molecule has 26 heavy (non-hydrogen) atoms. The molecule has 1 aliphatic rings. The van der Waals surface area contributed by atoms with Crippen molar-refractivity contribution in [2.24, 2.45) is 5.92 Å². The Kier molecular flexibility index (Phi) is 7.00. The van der Waals surface area contributed by atoms with Crippen molar-refractivity contribution in [1.82, 2.24) is 9.21 Å². The molecule has 0 saturated carbocycles. The topological polar surface area (TPSA) is 60.9 Å². The van der Waals surface area contributed by atoms with E-state index in [2.05, 4.69) is 4.90 Å². The minimum absolute atomic E-state index is 0.0267. The highest BCUT2D eigenvalue weighted by atomic mass is 32.2. The summed E-state index contributed by atoms with van der Waals surface area (Å²) in [7, 11) is -3.31. The Morgan fingerprint density at radius 2 is 1.73 bits per heavy atom. The van der Waals surface area contributed by atoms with Gasteiger partial charge in [-0.05, 0) is 30.2 Å². The van der Waals surface area contributed by atoms with Crippen molar-refractivity contribution in [3.05, 3.63) is 30.1 Å². The molecule has 8 heteroatoms. The lowest BCUT2D eigenvalue weighted by atomic mass is 10.2. The molecular formula is C18H28FN3O3S. The number of hydrogen-bond donors (Lipinski definition) is 0. The molecule has 6 nitrogen and oxygen atoms in total. The highest BCUT2D eigenvalue weighted by molar-refractivity contribution is 7.88. The molecule has 1 aromatic carbocycles. The fraction of sp³-hybridized carbons (Fsp3) is 0.611. The maximum Gasteiger partial charge on any atom is 0.224 e. The number of hydrogen-bond acceptors (Lipinski definition) is 4. The number of halogens is 1. The van der Waals surface area contributed by atoms with Gasteiger partial charge in [0.25, 0.3) is 0 Å². The summed E-state index contributed by atoms with van der Waals surface area (Å²) >= 11 is 0. The lowest BCUT2D eigenvalue weighted by molar-refractivity contribution is -0.131. The van der Waals surface area contributed by atoms with Crippen LogP contribution in [0.1, 0.15) is 20.3 Å². The number of rotatable bonds is 7. The molecule has 2 rings (SSSR count). The number of carbonyl (C=O) groups excluding carboxylic acids is 1. The third-order valence-corrected chi connectivity index (χ3v) is 5.71. The van der Waals surface area contributed by atoms with Crippen LogP contribution in [0.2, 0.25) is 0 Å². The molecule has 0 bridgehead atoms. The van der Waals surface area contributed by atoms with Crippen LogP contribution >= 0.6 is 0 Å². The lowest BCUT2D eigenvalue weighted by Gasteiger charge is -2.36. The van der Waals surface area contributed by atoms with Gasteiger partial charge in [0, 0.05) is 51.4 Å². The fourth-order valence-corrected chi connectivity index (χ4v) is 4.04. The summed E-state index contributed by atoms with van der Waals surface area (Å²) in [6.45, 7) is 7.07. The maximum atomic E-state index is 13.0. The average molecular weight is 386 g/mol. The SMILES string of the molecule is CC(C)CN(CCC(=O)N1CCN(c2ccc(F)cc2)CC1)S(C)(=O)=O. The molecule has 0 radical (unpaired) electrons. The summed E-state index contributed by atoms with van der Waals surface area (Å²) in [4.78, 5) is 16.3. The summed E-state index contributed by atoms with van der Waals surface area (Å²) in [5.74, 6) is -0.0837. The number of nitrogens with zero attached hydrogens (tertiary/aromatic N) is 3. The van der Waals surface area contributed by atoms with E-state index in [1.54, 1.807) is 17.0 Å². The van der Waals surface area contributed by atoms with Gasteiger partial charge in [-0.3, -0.25) is 4.79 Å². The van der Waals surface area contributed by atoms with Gasteiger partial charge >= 0.3 is 0 Å². The van der Waals surface area contributed by atoms with E-state index >= 15 is 0 Å². The van der Waals surface area contributed by atoms with E-state index in [1.807, 2.05) is 13.8 Å². The molecular weight excluding hydrogens is 357 g/mol. The normalized spacial score (nSPS) is 15.8. The summed E-state index contributed by atoms with van der Waals surface area (Å²) in [6.07, 6.45) is 1.37. The Morgan fingerprint density at radius 1 is 1.15 bits per heavy atom. The third kappa shape index (κ3) is 5.95. The van der Waals surface area contributed by atoms with E-state index in [0.717, 1.165) is 5.69 Å². The van der Waals surface area contributed by atoms with Crippen LogP contribution in [-0.2, 0) is 14.8 Å². The summed E-state index contributed by atoms with van der Waals surface area (Å²) in [5, 5.41) is 0. The van der Waals surface area contributed by atoms with Crippen molar-refractivity contribution in [1.29, 1.82) is 0 Å². The smallest absolute Gasteiger partial charge is 0.224 e. The molecule has 0 aromatic heterocycles. The van der Waals surface area contributed by atoms with Crippen molar-refractivity contribution in [3.8, 4) is 0 Å². The second-order valence-electron chi connectivity index (χ2n) is 7.11. The van der Waals surface area contributed by atoms with Gasteiger partial charge in [0.15, 0.2) is 0 Å². The molecule has 1 heterocycles. The largest absolute Gasteiger partial charge is 0.368 e. The first kappa shape index (κ1) is 20.6. The van der Waals surface area contributed by atoms with Crippen LogP contribution in [0.4, 0.5) is 10.1 Å². The standard InChI is InChI=1S/C18H28FN3O3S/c1-15(2)14-22(26(3,24)25)9-8-18(23)21-12-10-20(11-13-21)17-6-4-16(19)5-7-17/h4-7,15H,8-14H2,1-3H3. The van der Waals surface area contributed by atoms with E-state index in [9.17, 15) is 17.6 Å². The van der Waals surface area contributed by atoms with E-state index in [-0.39, 0.29) is 30.6 Å². The number of carbonyl (C=O) groups is 1. The molecule has 1 amide bonds. The van der Waals surface area contributed by atoms with Crippen molar-refractivity contribution < 1.29 is 17.6 Å². The molecule has 0 aliphatic carbocycles. The first-order chi connectivity index (χ1) is 12.2. The average Bonchev–Trinajstić information content (AvgIpc) is 2.58. The highest BCUT2D eigenvalue weighted by Crippen LogP contribution is 2.17. The number of anilines is 1. The van der Waals surface area contributed by atoms with Crippen LogP contribution in [0.3, 0.4) is 0 Å². The van der Waals surface area contributed by atoms with Gasteiger partial charge in [-0.25, -0.2) is 17.1 Å². The molecule has 1 fully saturated rings. The Labute approximate surface area is 155 Å². The molecule has 1 saturated heterocycles. The van der Waals surface area contributed by atoms with Crippen LogP contribution in [-0.4, -0.2) is 69.1 Å². The fourth-order valence-electron chi connectivity index (χ4n) is 3.04. The predicted molar refractivity (Wildman–Crippen MR) is 101 cm³/mol. The van der Waals surface area contributed by atoms with Gasteiger partial charge in [0.1, 0.15) is 5.82 Å². The van der Waals surface area contributed by atoms with Crippen LogP contribution in [0, 0.1) is 11.7 Å². The monoisotopic (exact) mass is 385 g/mol. The zero-order chi connectivity index (χ0) is 19.3. The van der Waals surface area contributed by atoms with Gasteiger partial charge in [0.2, 0.25) is 15.9 Å². The number of piperazine rings is 1. The molecule has 1 aliphatic heterocycles. The Balaban J connectivity index is 1.85. The van der Waals surface area contributed by atoms with Crippen molar-refractivity contribution >= 4 is 21.6 Å². The van der Waals surface area contributed by atoms with Gasteiger partial charge in [0.05, 0.1) is 6.26 Å². The number of amides is 1. The quantitative estimate of drug-likeness (QED) is 0.718. The second-order valence-corrected chi connectivity index (χ2v) is 9.09. The third-order valence-electron chi connectivity index (χ3n) is 4.44. The Morgan fingerprint density at radius 3 is 2.23 bits per heavy atom. The first-order valence-electron chi connectivity index (χ1n) is 8.90. The van der Waals surface area contributed by atoms with Gasteiger partial charge in [-0.15, -0.1) is 0 Å². The summed E-state index contributed by atoms with van der Waals surface area (Å²) in [6, 6.07) is 6.34. The molecule has 146 valence electrons. The van der Waals surface area contributed by atoms with Crippen LogP contribution in [0.25, 0.3) is 0 Å². The molecule has 0 N–H and O–H groups in total. The minimum atomic E-state index is -3.31. The van der Waals surface area contributed by atoms with Gasteiger partial charge in [-0.1, -0.05) is 13.8 Å². The van der Waals surface area contributed by atoms with Crippen molar-refractivity contribution in [2.45, 2.75) is 20.3 Å². The number of benzene rings is 1. The summed E-state index contributed by atoms with van der Waals surface area (Å²) in [5.41, 5.74) is 0.943. The minimum Gasteiger partial charge on any atom is -0.368 e. The van der Waals surface area contributed by atoms with E-state index in [1.165, 1.54) is 22.7 Å². The van der Waals surface area contributed by atoms with E-state index in [4.69, 9.17) is 0 Å². The Hall–Kier alpha value is -1.67. The zero-order valence-electron chi connectivity index (χ0n) is 15.7. The highest BCUT2D eigenvalue weighted by Gasteiger charge is 2.24. The van der Waals surface area contributed by atoms with Crippen molar-refractivity contribution in [2.75, 3.05) is 50.4 Å². The number of sulfonamides is 1. The van der Waals surface area contributed by atoms with Crippen LogP contribution < -0.4 is 4.90 Å². The zero-order valence-corrected chi connectivity index (χ0v) is 16.5. The van der Waals surface area contributed by atoms with Gasteiger partial charge < -0.3 is 9.80 Å². The maximum absolute atomic E-state index is 13.0. The predicted octanol–water partition coefficient (Wildman–Crippen LogP) is 1.78. The second kappa shape index (κ2) is 8.81. The Bertz CT molecular complexity index is 699. The lowest BCUT2D eigenvalue weighted by Crippen LogP contribution is -2.49. The molecule has 0 spiro atoms. The molecule has 1 aromatic rings. The summed E-state index contributed by atoms with van der Waals surface area (Å²) < 4.78 is 38.1. The van der Waals surface area contributed by atoms with Crippen molar-refractivity contribution in [3.63, 3.8) is 0 Å². The van der Waals surface area contributed by atoms with Crippen LogP contribution in [0.5, 0.6) is 0 Å².